The molecule has 1 aliphatic heterocycles. The van der Waals surface area contributed by atoms with E-state index in [1.165, 1.54) is 4.88 Å². The van der Waals surface area contributed by atoms with Crippen LogP contribution in [0.4, 0.5) is 5.13 Å². The largest absolute Gasteiger partial charge is 0.317 e. The van der Waals surface area contributed by atoms with Crippen LogP contribution >= 0.6 is 23.7 Å². The Labute approximate surface area is 161 Å². The minimum Gasteiger partial charge on any atom is -0.317 e. The van der Waals surface area contributed by atoms with Crippen LogP contribution in [-0.2, 0) is 0 Å². The number of hydrogen-bond donors (Lipinski definition) is 2. The van der Waals surface area contributed by atoms with Crippen LogP contribution in [0.25, 0.3) is 5.82 Å². The number of thiazole rings is 1. The van der Waals surface area contributed by atoms with Gasteiger partial charge in [0.05, 0.1) is 0 Å². The summed E-state index contributed by atoms with van der Waals surface area (Å²) in [5, 5.41) is 6.89. The van der Waals surface area contributed by atoms with E-state index in [-0.39, 0.29) is 18.3 Å². The van der Waals surface area contributed by atoms with Crippen LogP contribution in [0.3, 0.4) is 0 Å². The summed E-state index contributed by atoms with van der Waals surface area (Å²) in [6, 6.07) is 3.43. The van der Waals surface area contributed by atoms with Gasteiger partial charge in [-0.05, 0) is 44.0 Å². The minimum absolute atomic E-state index is 0. The van der Waals surface area contributed by atoms with Crippen molar-refractivity contribution in [3.8, 4) is 5.82 Å². The van der Waals surface area contributed by atoms with Gasteiger partial charge in [0, 0.05) is 35.2 Å². The quantitative estimate of drug-likeness (QED) is 0.715. The Balaban J connectivity index is 0.00000196. The maximum absolute atomic E-state index is 12.5. The molecule has 0 saturated carbocycles. The lowest BCUT2D eigenvalue weighted by molar-refractivity contribution is 0.102. The van der Waals surface area contributed by atoms with E-state index in [0.29, 0.717) is 22.4 Å². The first-order valence-corrected chi connectivity index (χ1v) is 9.03. The predicted octanol–water partition coefficient (Wildman–Crippen LogP) is 2.86. The fraction of sp³-hybridized carbons (Fsp3) is 0.294. The summed E-state index contributed by atoms with van der Waals surface area (Å²) in [4.78, 5) is 26.4. The molecule has 0 unspecified atom stereocenters. The molecule has 9 heteroatoms. The Morgan fingerprint density at radius 1 is 1.27 bits per heavy atom. The number of carbonyl (C=O) groups is 1. The predicted molar refractivity (Wildman–Crippen MR) is 104 cm³/mol. The third kappa shape index (κ3) is 4.09. The zero-order chi connectivity index (χ0) is 17.1. The number of piperidine rings is 1. The summed E-state index contributed by atoms with van der Waals surface area (Å²) in [6.45, 7) is 2.08. The topological polar surface area (TPSA) is 84.7 Å². The highest BCUT2D eigenvalue weighted by molar-refractivity contribution is 7.15. The molecule has 1 saturated heterocycles. The maximum Gasteiger partial charge on any atom is 0.257 e. The fourth-order valence-electron chi connectivity index (χ4n) is 2.90. The second kappa shape index (κ2) is 8.39. The van der Waals surface area contributed by atoms with E-state index in [0.717, 1.165) is 25.9 Å². The number of halogens is 1. The van der Waals surface area contributed by atoms with Crippen molar-refractivity contribution in [2.45, 2.75) is 18.8 Å². The molecule has 1 fully saturated rings. The van der Waals surface area contributed by atoms with Crippen molar-refractivity contribution in [2.75, 3.05) is 18.4 Å². The zero-order valence-electron chi connectivity index (χ0n) is 14.0. The van der Waals surface area contributed by atoms with Gasteiger partial charge in [-0.15, -0.1) is 23.7 Å². The highest BCUT2D eigenvalue weighted by Gasteiger charge is 2.18. The molecular weight excluding hydrogens is 372 g/mol. The first kappa shape index (κ1) is 18.5. The van der Waals surface area contributed by atoms with Crippen molar-refractivity contribution in [2.24, 2.45) is 0 Å². The lowest BCUT2D eigenvalue weighted by Gasteiger charge is -2.20. The van der Waals surface area contributed by atoms with Crippen LogP contribution in [-0.4, -0.2) is 38.5 Å². The van der Waals surface area contributed by atoms with E-state index in [4.69, 9.17) is 0 Å². The Morgan fingerprint density at radius 2 is 2.12 bits per heavy atom. The molecule has 0 spiro atoms. The second-order valence-electron chi connectivity index (χ2n) is 5.92. The van der Waals surface area contributed by atoms with Gasteiger partial charge < -0.3 is 5.32 Å². The van der Waals surface area contributed by atoms with Gasteiger partial charge in [0.1, 0.15) is 12.1 Å². The summed E-state index contributed by atoms with van der Waals surface area (Å²) in [5.41, 5.74) is 0.539. The molecule has 0 atom stereocenters. The van der Waals surface area contributed by atoms with Crippen LogP contribution in [0, 0.1) is 0 Å². The van der Waals surface area contributed by atoms with E-state index in [1.807, 2.05) is 6.20 Å². The Morgan fingerprint density at radius 3 is 2.88 bits per heavy atom. The van der Waals surface area contributed by atoms with Crippen molar-refractivity contribution < 1.29 is 4.79 Å². The van der Waals surface area contributed by atoms with Crippen LogP contribution in [0.1, 0.15) is 34.0 Å². The number of rotatable bonds is 4. The molecule has 0 radical (unpaired) electrons. The molecule has 4 rings (SSSR count). The van der Waals surface area contributed by atoms with Gasteiger partial charge in [0.25, 0.3) is 5.91 Å². The van der Waals surface area contributed by atoms with Crippen LogP contribution in [0.5, 0.6) is 0 Å². The van der Waals surface area contributed by atoms with E-state index >= 15 is 0 Å². The SMILES string of the molecule is Cl.O=C(Nc1ncc(C2CCNCC2)s1)c1ccnc(-n2ccnc2)c1. The van der Waals surface area contributed by atoms with Crippen molar-refractivity contribution in [1.82, 2.24) is 24.8 Å². The average Bonchev–Trinajstić information content (AvgIpc) is 3.35. The van der Waals surface area contributed by atoms with Crippen LogP contribution in [0.15, 0.2) is 43.2 Å². The van der Waals surface area contributed by atoms with Crippen LogP contribution < -0.4 is 10.6 Å². The standard InChI is InChI=1S/C17H18N6OS.ClH/c24-16(13-3-6-20-15(9-13)23-8-7-19-11-23)22-17-21-10-14(25-17)12-1-4-18-5-2-12;/h3,6-12,18H,1-2,4-5H2,(H,21,22,24);1H. The highest BCUT2D eigenvalue weighted by Crippen LogP contribution is 2.31. The third-order valence-electron chi connectivity index (χ3n) is 4.26. The van der Waals surface area contributed by atoms with E-state index < -0.39 is 0 Å². The monoisotopic (exact) mass is 390 g/mol. The molecule has 2 N–H and O–H groups in total. The number of anilines is 1. The van der Waals surface area contributed by atoms with Crippen molar-refractivity contribution in [3.05, 3.63) is 53.7 Å². The summed E-state index contributed by atoms with van der Waals surface area (Å²) >= 11 is 1.56. The first-order chi connectivity index (χ1) is 12.3. The highest BCUT2D eigenvalue weighted by atomic mass is 35.5. The number of hydrogen-bond acceptors (Lipinski definition) is 6. The molecule has 7 nitrogen and oxygen atoms in total. The molecule has 1 aliphatic rings. The number of nitrogens with zero attached hydrogens (tertiary/aromatic N) is 4. The van der Waals surface area contributed by atoms with Crippen molar-refractivity contribution in [3.63, 3.8) is 0 Å². The van der Waals surface area contributed by atoms with E-state index in [1.54, 1.807) is 53.0 Å². The minimum atomic E-state index is -0.185. The van der Waals surface area contributed by atoms with Gasteiger partial charge in [-0.25, -0.2) is 15.0 Å². The summed E-state index contributed by atoms with van der Waals surface area (Å²) in [5.74, 6) is 1.01. The van der Waals surface area contributed by atoms with Gasteiger partial charge in [-0.3, -0.25) is 14.7 Å². The van der Waals surface area contributed by atoms with Gasteiger partial charge in [0.2, 0.25) is 0 Å². The number of aromatic nitrogens is 4. The van der Waals surface area contributed by atoms with Crippen LogP contribution in [0.2, 0.25) is 0 Å². The number of pyridine rings is 1. The molecule has 3 aromatic heterocycles. The number of amides is 1. The number of carbonyl (C=O) groups excluding carboxylic acids is 1. The van der Waals surface area contributed by atoms with Crippen molar-refractivity contribution in [1.29, 1.82) is 0 Å². The fourth-order valence-corrected chi connectivity index (χ4v) is 3.88. The maximum atomic E-state index is 12.5. The summed E-state index contributed by atoms with van der Waals surface area (Å²) < 4.78 is 1.76. The normalized spacial score (nSPS) is 14.6. The Bertz CT molecular complexity index is 860. The molecule has 0 aliphatic carbocycles. The third-order valence-corrected chi connectivity index (χ3v) is 5.34. The molecular formula is C17H19ClN6OS. The Hall–Kier alpha value is -2.29. The molecule has 4 heterocycles. The van der Waals surface area contributed by atoms with E-state index in [2.05, 4.69) is 25.6 Å². The first-order valence-electron chi connectivity index (χ1n) is 8.22. The van der Waals surface area contributed by atoms with Gasteiger partial charge in [-0.1, -0.05) is 0 Å². The Kier molecular flexibility index (Phi) is 5.97. The number of nitrogens with one attached hydrogen (secondary N) is 2. The molecule has 136 valence electrons. The molecule has 0 bridgehead atoms. The van der Waals surface area contributed by atoms with Gasteiger partial charge in [-0.2, -0.15) is 0 Å². The second-order valence-corrected chi connectivity index (χ2v) is 6.98. The van der Waals surface area contributed by atoms with Gasteiger partial charge >= 0.3 is 0 Å². The lowest BCUT2D eigenvalue weighted by atomic mass is 9.97. The summed E-state index contributed by atoms with van der Waals surface area (Å²) in [6.07, 6.45) is 10.9. The van der Waals surface area contributed by atoms with E-state index in [9.17, 15) is 4.79 Å². The molecule has 0 aromatic carbocycles. The smallest absolute Gasteiger partial charge is 0.257 e. The summed E-state index contributed by atoms with van der Waals surface area (Å²) in [7, 11) is 0. The lowest BCUT2D eigenvalue weighted by Crippen LogP contribution is -2.26. The zero-order valence-corrected chi connectivity index (χ0v) is 15.6. The number of imidazole rings is 1. The van der Waals surface area contributed by atoms with Gasteiger partial charge in [0.15, 0.2) is 5.13 Å². The molecule has 26 heavy (non-hydrogen) atoms. The average molecular weight is 391 g/mol. The molecule has 3 aromatic rings. The van der Waals surface area contributed by atoms with Crippen molar-refractivity contribution >= 4 is 34.8 Å². The molecule has 1 amide bonds.